The van der Waals surface area contributed by atoms with Crippen LogP contribution in [0.5, 0.6) is 5.88 Å². The van der Waals surface area contributed by atoms with Gasteiger partial charge in [0.25, 0.3) is 0 Å². The van der Waals surface area contributed by atoms with E-state index < -0.39 is 5.97 Å². The van der Waals surface area contributed by atoms with E-state index in [4.69, 9.17) is 9.84 Å². The third-order valence-corrected chi connectivity index (χ3v) is 3.27. The van der Waals surface area contributed by atoms with Gasteiger partial charge in [0.15, 0.2) is 0 Å². The van der Waals surface area contributed by atoms with E-state index in [2.05, 4.69) is 9.97 Å². The summed E-state index contributed by atoms with van der Waals surface area (Å²) in [5.74, 6) is 0.315. The van der Waals surface area contributed by atoms with Crippen molar-refractivity contribution in [1.29, 1.82) is 0 Å². The molecule has 1 atom stereocenters. The van der Waals surface area contributed by atoms with Crippen LogP contribution in [0.3, 0.4) is 0 Å². The van der Waals surface area contributed by atoms with E-state index in [0.717, 1.165) is 25.8 Å². The summed E-state index contributed by atoms with van der Waals surface area (Å²) < 4.78 is 5.57. The second kappa shape index (κ2) is 6.54. The molecule has 0 saturated carbocycles. The molecule has 6 heteroatoms. The second-order valence-corrected chi connectivity index (χ2v) is 5.30. The Hall–Kier alpha value is -1.85. The molecule has 1 saturated heterocycles. The molecule has 20 heavy (non-hydrogen) atoms. The number of rotatable bonds is 5. The van der Waals surface area contributed by atoms with E-state index >= 15 is 0 Å². The van der Waals surface area contributed by atoms with Crippen LogP contribution >= 0.6 is 0 Å². The van der Waals surface area contributed by atoms with Gasteiger partial charge in [0.05, 0.1) is 12.5 Å². The Kier molecular flexibility index (Phi) is 4.76. The van der Waals surface area contributed by atoms with Gasteiger partial charge in [-0.2, -0.15) is 4.98 Å². The maximum atomic E-state index is 11.0. The molecular formula is C14H21N3O3. The van der Waals surface area contributed by atoms with Crippen molar-refractivity contribution in [2.24, 2.45) is 0 Å². The zero-order valence-corrected chi connectivity index (χ0v) is 12.0. The molecule has 1 fully saturated rings. The van der Waals surface area contributed by atoms with Gasteiger partial charge >= 0.3 is 5.97 Å². The Morgan fingerprint density at radius 1 is 1.55 bits per heavy atom. The summed E-state index contributed by atoms with van der Waals surface area (Å²) in [6.45, 7) is 4.68. The first-order chi connectivity index (χ1) is 9.56. The quantitative estimate of drug-likeness (QED) is 0.889. The number of hydrogen-bond donors (Lipinski definition) is 1. The lowest BCUT2D eigenvalue weighted by atomic mass is 10.00. The van der Waals surface area contributed by atoms with Gasteiger partial charge in [-0.15, -0.1) is 0 Å². The maximum absolute atomic E-state index is 11.0. The number of hydrogen-bond acceptors (Lipinski definition) is 5. The van der Waals surface area contributed by atoms with Crippen molar-refractivity contribution < 1.29 is 14.6 Å². The van der Waals surface area contributed by atoms with Gasteiger partial charge in [0.1, 0.15) is 0 Å². The second-order valence-electron chi connectivity index (χ2n) is 5.30. The molecule has 0 spiro atoms. The lowest BCUT2D eigenvalue weighted by molar-refractivity contribution is -0.137. The highest BCUT2D eigenvalue weighted by Crippen LogP contribution is 2.25. The topological polar surface area (TPSA) is 75.5 Å². The van der Waals surface area contributed by atoms with Crippen LogP contribution in [0.2, 0.25) is 0 Å². The molecule has 110 valence electrons. The van der Waals surface area contributed by atoms with E-state index in [1.165, 1.54) is 0 Å². The lowest BCUT2D eigenvalue weighted by Gasteiger charge is -2.35. The average molecular weight is 279 g/mol. The van der Waals surface area contributed by atoms with Gasteiger partial charge in [-0.1, -0.05) is 0 Å². The third kappa shape index (κ3) is 3.82. The minimum atomic E-state index is -0.781. The fourth-order valence-electron chi connectivity index (χ4n) is 2.46. The first kappa shape index (κ1) is 14.6. The highest BCUT2D eigenvalue weighted by atomic mass is 16.5. The molecule has 0 aliphatic carbocycles. The molecule has 1 aromatic rings. The third-order valence-electron chi connectivity index (χ3n) is 3.27. The van der Waals surface area contributed by atoms with Gasteiger partial charge < -0.3 is 14.7 Å². The number of ether oxygens (including phenoxy) is 1. The predicted molar refractivity (Wildman–Crippen MR) is 75.0 cm³/mol. The molecular weight excluding hydrogens is 258 g/mol. The summed E-state index contributed by atoms with van der Waals surface area (Å²) in [5.41, 5.74) is 0. The molecule has 1 N–H and O–H groups in total. The molecule has 0 amide bonds. The van der Waals surface area contributed by atoms with Gasteiger partial charge in [-0.3, -0.25) is 4.79 Å². The number of carbonyl (C=O) groups is 1. The van der Waals surface area contributed by atoms with Crippen molar-refractivity contribution in [3.63, 3.8) is 0 Å². The van der Waals surface area contributed by atoms with Crippen LogP contribution < -0.4 is 9.64 Å². The van der Waals surface area contributed by atoms with Gasteiger partial charge in [0, 0.05) is 24.8 Å². The number of carboxylic acid groups (broad SMARTS) is 1. The Morgan fingerprint density at radius 2 is 2.35 bits per heavy atom. The fourth-order valence-corrected chi connectivity index (χ4v) is 2.46. The smallest absolute Gasteiger partial charge is 0.305 e. The monoisotopic (exact) mass is 279 g/mol. The largest absolute Gasteiger partial charge is 0.481 e. The molecule has 6 nitrogen and oxygen atoms in total. The van der Waals surface area contributed by atoms with Crippen LogP contribution in [0.1, 0.15) is 39.5 Å². The van der Waals surface area contributed by atoms with Gasteiger partial charge in [0.2, 0.25) is 11.8 Å². The molecule has 2 heterocycles. The summed E-state index contributed by atoms with van der Waals surface area (Å²) in [6.07, 6.45) is 4.79. The van der Waals surface area contributed by atoms with Crippen LogP contribution in [-0.2, 0) is 4.79 Å². The molecule has 1 unspecified atom stereocenters. The van der Waals surface area contributed by atoms with Crippen LogP contribution in [0.25, 0.3) is 0 Å². The van der Waals surface area contributed by atoms with E-state index in [0.29, 0.717) is 11.8 Å². The minimum absolute atomic E-state index is 0.0319. The predicted octanol–water partition coefficient (Wildman–Crippen LogP) is 2.10. The van der Waals surface area contributed by atoms with Crippen molar-refractivity contribution >= 4 is 11.9 Å². The Bertz CT molecular complexity index is 465. The van der Waals surface area contributed by atoms with E-state index in [-0.39, 0.29) is 18.6 Å². The Balaban J connectivity index is 2.16. The van der Waals surface area contributed by atoms with Crippen molar-refractivity contribution in [2.45, 2.75) is 51.7 Å². The minimum Gasteiger partial charge on any atom is -0.481 e. The van der Waals surface area contributed by atoms with E-state index in [9.17, 15) is 4.79 Å². The highest BCUT2D eigenvalue weighted by molar-refractivity contribution is 5.68. The molecule has 1 aliphatic heterocycles. The summed E-state index contributed by atoms with van der Waals surface area (Å²) in [7, 11) is 0. The van der Waals surface area contributed by atoms with E-state index in [1.807, 2.05) is 18.7 Å². The molecule has 2 rings (SSSR count). The normalized spacial score (nSPS) is 19.1. The molecule has 1 aromatic heterocycles. The van der Waals surface area contributed by atoms with Crippen molar-refractivity contribution in [3.8, 4) is 5.88 Å². The first-order valence-corrected chi connectivity index (χ1v) is 7.04. The summed E-state index contributed by atoms with van der Waals surface area (Å²) in [5, 5.41) is 9.01. The maximum Gasteiger partial charge on any atom is 0.305 e. The van der Waals surface area contributed by atoms with Crippen molar-refractivity contribution in [3.05, 3.63) is 12.3 Å². The number of aliphatic carboxylic acids is 1. The van der Waals surface area contributed by atoms with Crippen molar-refractivity contribution in [1.82, 2.24) is 9.97 Å². The molecule has 1 aliphatic rings. The molecule has 0 radical (unpaired) electrons. The fraction of sp³-hybridized carbons (Fsp3) is 0.643. The Morgan fingerprint density at radius 3 is 3.05 bits per heavy atom. The van der Waals surface area contributed by atoms with Crippen LogP contribution in [0.4, 0.5) is 5.95 Å². The van der Waals surface area contributed by atoms with Crippen molar-refractivity contribution in [2.75, 3.05) is 11.4 Å². The Labute approximate surface area is 118 Å². The molecule has 0 aromatic carbocycles. The first-order valence-electron chi connectivity index (χ1n) is 7.04. The number of anilines is 1. The van der Waals surface area contributed by atoms with Crippen LogP contribution in [0.15, 0.2) is 12.3 Å². The van der Waals surface area contributed by atoms with Gasteiger partial charge in [-0.25, -0.2) is 4.98 Å². The number of carboxylic acids is 1. The zero-order chi connectivity index (χ0) is 14.5. The molecule has 0 bridgehead atoms. The lowest BCUT2D eigenvalue weighted by Crippen LogP contribution is -2.42. The SMILES string of the molecule is CC(C)Oc1ccnc(N2CCCCC2CC(=O)O)n1. The van der Waals surface area contributed by atoms with Crippen LogP contribution in [0, 0.1) is 0 Å². The average Bonchev–Trinajstić information content (AvgIpc) is 2.38. The zero-order valence-electron chi connectivity index (χ0n) is 12.0. The summed E-state index contributed by atoms with van der Waals surface area (Å²) >= 11 is 0. The van der Waals surface area contributed by atoms with E-state index in [1.54, 1.807) is 12.3 Å². The number of nitrogens with zero attached hydrogens (tertiary/aromatic N) is 3. The summed E-state index contributed by atoms with van der Waals surface area (Å²) in [6, 6.07) is 1.69. The number of aromatic nitrogens is 2. The standard InChI is InChI=1S/C14H21N3O3/c1-10(2)20-12-6-7-15-14(16-12)17-8-4-3-5-11(17)9-13(18)19/h6-7,10-11H,3-5,8-9H2,1-2H3,(H,18,19). The van der Waals surface area contributed by atoms with Crippen LogP contribution in [-0.4, -0.2) is 39.7 Å². The van der Waals surface area contributed by atoms with Gasteiger partial charge in [-0.05, 0) is 33.1 Å². The highest BCUT2D eigenvalue weighted by Gasteiger charge is 2.26. The summed E-state index contributed by atoms with van der Waals surface area (Å²) in [4.78, 5) is 21.6. The number of piperidine rings is 1.